The van der Waals surface area contributed by atoms with E-state index >= 15 is 0 Å². The number of aryl methyl sites for hydroxylation is 4. The molecule has 0 saturated heterocycles. The second kappa shape index (κ2) is 12.4. The summed E-state index contributed by atoms with van der Waals surface area (Å²) >= 11 is 0. The summed E-state index contributed by atoms with van der Waals surface area (Å²) < 4.78 is 0. The van der Waals surface area contributed by atoms with Gasteiger partial charge in [-0.05, 0) is 162 Å². The second-order valence-electron chi connectivity index (χ2n) is 16.3. The highest BCUT2D eigenvalue weighted by atomic mass is 15.1. The average Bonchev–Trinajstić information content (AvgIpc) is 3.83. The van der Waals surface area contributed by atoms with Crippen molar-refractivity contribution in [3.63, 3.8) is 0 Å². The van der Waals surface area contributed by atoms with E-state index in [0.29, 0.717) is 0 Å². The molecule has 0 saturated carbocycles. The molecule has 264 valence electrons. The molecule has 7 aromatic rings. The summed E-state index contributed by atoms with van der Waals surface area (Å²) in [7, 11) is 0. The number of benzene rings is 7. The zero-order valence-corrected chi connectivity index (χ0v) is 31.7. The van der Waals surface area contributed by atoms with Gasteiger partial charge in [0, 0.05) is 45.0 Å². The van der Waals surface area contributed by atoms with Gasteiger partial charge in [-0.15, -0.1) is 0 Å². The van der Waals surface area contributed by atoms with Gasteiger partial charge in [0.15, 0.2) is 0 Å². The number of hydrogen-bond acceptors (Lipinski definition) is 2. The smallest absolute Gasteiger partial charge is 0.0468 e. The number of anilines is 6. The molecule has 1 atom stereocenters. The van der Waals surface area contributed by atoms with E-state index in [1.807, 2.05) is 0 Å². The minimum atomic E-state index is -0.0389. The predicted molar refractivity (Wildman–Crippen MR) is 227 cm³/mol. The van der Waals surface area contributed by atoms with E-state index in [4.69, 9.17) is 0 Å². The number of rotatable bonds is 6. The van der Waals surface area contributed by atoms with Crippen LogP contribution in [-0.2, 0) is 23.7 Å². The zero-order chi connectivity index (χ0) is 36.6. The Balaban J connectivity index is 1.11. The molecule has 3 aliphatic carbocycles. The third-order valence-corrected chi connectivity index (χ3v) is 12.8. The Morgan fingerprint density at radius 1 is 0.426 bits per heavy atom. The fraction of sp³-hybridized carbons (Fsp3) is 0.192. The van der Waals surface area contributed by atoms with Gasteiger partial charge in [0.05, 0.1) is 0 Å². The monoisotopic (exact) mass is 698 g/mol. The molecule has 54 heavy (non-hydrogen) atoms. The van der Waals surface area contributed by atoms with E-state index in [9.17, 15) is 0 Å². The molecule has 10 rings (SSSR count). The summed E-state index contributed by atoms with van der Waals surface area (Å²) in [5, 5.41) is 0. The molecule has 2 heteroatoms. The maximum Gasteiger partial charge on any atom is 0.0468 e. The van der Waals surface area contributed by atoms with Gasteiger partial charge in [0.1, 0.15) is 0 Å². The highest BCUT2D eigenvalue weighted by molar-refractivity contribution is 5.88. The molecule has 1 spiro atoms. The average molecular weight is 699 g/mol. The third kappa shape index (κ3) is 5.00. The number of nitrogens with zero attached hydrogens (tertiary/aromatic N) is 2. The van der Waals surface area contributed by atoms with Crippen LogP contribution in [0, 0.1) is 13.8 Å². The van der Waals surface area contributed by atoms with Gasteiger partial charge >= 0.3 is 0 Å². The van der Waals surface area contributed by atoms with Crippen molar-refractivity contribution in [1.82, 2.24) is 0 Å². The van der Waals surface area contributed by atoms with Crippen LogP contribution in [0.2, 0.25) is 0 Å². The van der Waals surface area contributed by atoms with Crippen molar-refractivity contribution in [3.8, 4) is 11.1 Å². The van der Waals surface area contributed by atoms with Crippen LogP contribution >= 0.6 is 0 Å². The lowest BCUT2D eigenvalue weighted by atomic mass is 9.76. The molecule has 7 aromatic carbocycles. The topological polar surface area (TPSA) is 6.48 Å². The van der Waals surface area contributed by atoms with Crippen LogP contribution in [0.1, 0.15) is 71.2 Å². The van der Waals surface area contributed by atoms with E-state index < -0.39 is 0 Å². The van der Waals surface area contributed by atoms with Crippen LogP contribution in [0.5, 0.6) is 0 Å². The predicted octanol–water partition coefficient (Wildman–Crippen LogP) is 13.7. The largest absolute Gasteiger partial charge is 0.310 e. The summed E-state index contributed by atoms with van der Waals surface area (Å²) in [5.74, 6) is 0. The summed E-state index contributed by atoms with van der Waals surface area (Å²) in [6.45, 7) is 9.27. The molecule has 0 bridgehead atoms. The Morgan fingerprint density at radius 3 is 1.41 bits per heavy atom. The van der Waals surface area contributed by atoms with E-state index in [1.54, 1.807) is 0 Å². The van der Waals surface area contributed by atoms with Crippen molar-refractivity contribution < 1.29 is 0 Å². The first-order valence-corrected chi connectivity index (χ1v) is 19.6. The number of para-hydroxylation sites is 3. The molecule has 0 aliphatic heterocycles. The van der Waals surface area contributed by atoms with Crippen molar-refractivity contribution in [2.24, 2.45) is 0 Å². The van der Waals surface area contributed by atoms with Crippen LogP contribution in [-0.4, -0.2) is 0 Å². The molecule has 0 N–H and O–H groups in total. The van der Waals surface area contributed by atoms with Gasteiger partial charge in [-0.1, -0.05) is 104 Å². The lowest BCUT2D eigenvalue weighted by Crippen LogP contribution is -2.22. The lowest BCUT2D eigenvalue weighted by molar-refractivity contribution is 0.507. The Kier molecular flexibility index (Phi) is 7.49. The first-order chi connectivity index (χ1) is 26.3. The molecule has 2 nitrogen and oxygen atoms in total. The standard InChI is InChI=1S/C52H46N2/c1-35-30-36(2)50-45-32-42(24-25-46(45)51(3,4)49(50)31-35)54(41-18-12-7-13-19-41)44-23-21-38-27-29-52(48(38)34-44)28-26-37-20-22-43(33-47(37)52)53(39-14-8-5-9-15-39)40-16-10-6-11-17-40/h5-25,30-34H,26-29H2,1-4H3/t52-/m1/s1. The van der Waals surface area contributed by atoms with Crippen LogP contribution in [0.15, 0.2) is 158 Å². The van der Waals surface area contributed by atoms with Crippen molar-refractivity contribution in [2.45, 2.75) is 64.2 Å². The fourth-order valence-electron chi connectivity index (χ4n) is 10.3. The van der Waals surface area contributed by atoms with Gasteiger partial charge in [-0.2, -0.15) is 0 Å². The van der Waals surface area contributed by atoms with E-state index in [2.05, 4.69) is 195 Å². The van der Waals surface area contributed by atoms with Crippen molar-refractivity contribution >= 4 is 34.1 Å². The van der Waals surface area contributed by atoms with Gasteiger partial charge in [0.25, 0.3) is 0 Å². The van der Waals surface area contributed by atoms with Gasteiger partial charge in [-0.25, -0.2) is 0 Å². The Hall–Kier alpha value is -5.86. The van der Waals surface area contributed by atoms with Crippen molar-refractivity contribution in [2.75, 3.05) is 9.80 Å². The summed E-state index contributed by atoms with van der Waals surface area (Å²) in [6.07, 6.45) is 4.51. The Labute approximate surface area is 320 Å². The summed E-state index contributed by atoms with van der Waals surface area (Å²) in [6, 6.07) is 59.1. The Morgan fingerprint density at radius 2 is 0.889 bits per heavy atom. The first kappa shape index (κ1) is 32.8. The third-order valence-electron chi connectivity index (χ3n) is 12.8. The normalized spacial score (nSPS) is 17.2. The molecule has 0 radical (unpaired) electrons. The molecule has 0 unspecified atom stereocenters. The second-order valence-corrected chi connectivity index (χ2v) is 16.3. The fourth-order valence-corrected chi connectivity index (χ4v) is 10.3. The van der Waals surface area contributed by atoms with E-state index in [1.165, 1.54) is 89.8 Å². The molecule has 0 aromatic heterocycles. The summed E-state index contributed by atoms with van der Waals surface area (Å²) in [4.78, 5) is 4.89. The number of hydrogen-bond donors (Lipinski definition) is 0. The molecular formula is C52H46N2. The first-order valence-electron chi connectivity index (χ1n) is 19.6. The Bertz CT molecular complexity index is 2510. The van der Waals surface area contributed by atoms with E-state index in [-0.39, 0.29) is 10.8 Å². The molecule has 0 fully saturated rings. The maximum atomic E-state index is 2.54. The molecule has 0 heterocycles. The van der Waals surface area contributed by atoms with Crippen LogP contribution in [0.4, 0.5) is 34.1 Å². The summed E-state index contributed by atoms with van der Waals surface area (Å²) in [5.41, 5.74) is 21.4. The lowest BCUT2D eigenvalue weighted by Gasteiger charge is -2.32. The molecular weight excluding hydrogens is 653 g/mol. The van der Waals surface area contributed by atoms with Crippen molar-refractivity contribution in [3.05, 3.63) is 202 Å². The number of fused-ring (bicyclic) bond motifs is 7. The van der Waals surface area contributed by atoms with E-state index in [0.717, 1.165) is 25.7 Å². The quantitative estimate of drug-likeness (QED) is 0.171. The SMILES string of the molecule is Cc1cc(C)c2c(c1)C(C)(C)c1ccc(N(c3ccccc3)c3ccc4c(c3)[C@]3(CCc5ccc(N(c6ccccc6)c6ccccc6)cc53)CC4)cc1-2. The minimum absolute atomic E-state index is 0.00599. The van der Waals surface area contributed by atoms with Gasteiger partial charge in [-0.3, -0.25) is 0 Å². The highest BCUT2D eigenvalue weighted by Crippen LogP contribution is 2.56. The van der Waals surface area contributed by atoms with Crippen molar-refractivity contribution in [1.29, 1.82) is 0 Å². The molecule has 3 aliphatic rings. The van der Waals surface area contributed by atoms with Gasteiger partial charge in [0.2, 0.25) is 0 Å². The zero-order valence-electron chi connectivity index (χ0n) is 31.7. The maximum absolute atomic E-state index is 2.54. The van der Waals surface area contributed by atoms with Crippen LogP contribution < -0.4 is 9.80 Å². The van der Waals surface area contributed by atoms with Crippen LogP contribution in [0.25, 0.3) is 11.1 Å². The van der Waals surface area contributed by atoms with Crippen LogP contribution in [0.3, 0.4) is 0 Å². The highest BCUT2D eigenvalue weighted by Gasteiger charge is 2.45. The molecule has 0 amide bonds. The minimum Gasteiger partial charge on any atom is -0.310 e. The van der Waals surface area contributed by atoms with Gasteiger partial charge < -0.3 is 9.80 Å².